The molecular weight excluding hydrogens is 150 g/mol. The van der Waals surface area contributed by atoms with Gasteiger partial charge >= 0.3 is 0 Å². The Morgan fingerprint density at radius 3 is 2.42 bits per heavy atom. The molecule has 0 spiro atoms. The van der Waals surface area contributed by atoms with Crippen LogP contribution in [-0.2, 0) is 6.42 Å². The van der Waals surface area contributed by atoms with Gasteiger partial charge in [0.25, 0.3) is 0 Å². The summed E-state index contributed by atoms with van der Waals surface area (Å²) in [5.74, 6) is 2.98. The van der Waals surface area contributed by atoms with E-state index in [1.807, 2.05) is 0 Å². The third-order valence-corrected chi connectivity index (χ3v) is 2.29. The molecule has 68 valence electrons. The molecule has 0 amide bonds. The molecule has 0 aliphatic heterocycles. The molecule has 1 heterocycles. The normalized spacial score (nSPS) is 13.8. The van der Waals surface area contributed by atoms with Gasteiger partial charge in [0.15, 0.2) is 5.82 Å². The minimum Gasteiger partial charge on any atom is -0.263 e. The van der Waals surface area contributed by atoms with Crippen LogP contribution in [-0.4, -0.2) is 15.2 Å². The average Bonchev–Trinajstić information content (AvgIpc) is 2.50. The number of rotatable bonds is 3. The van der Waals surface area contributed by atoms with Gasteiger partial charge in [-0.25, -0.2) is 4.98 Å². The van der Waals surface area contributed by atoms with Crippen LogP contribution in [0.4, 0.5) is 0 Å². The molecule has 12 heavy (non-hydrogen) atoms. The highest BCUT2D eigenvalue weighted by molar-refractivity contribution is 4.97. The Morgan fingerprint density at radius 1 is 1.33 bits per heavy atom. The lowest BCUT2D eigenvalue weighted by Gasteiger charge is -2.09. The molecule has 0 bridgehead atoms. The third kappa shape index (κ3) is 1.84. The zero-order chi connectivity index (χ0) is 9.14. The summed E-state index contributed by atoms with van der Waals surface area (Å²) in [6.45, 7) is 8.61. The fourth-order valence-electron chi connectivity index (χ4n) is 0.970. The van der Waals surface area contributed by atoms with Crippen molar-refractivity contribution in [3.8, 4) is 0 Å². The number of aromatic amines is 1. The fraction of sp³-hybridized carbons (Fsp3) is 0.778. The SMILES string of the molecule is CCc1nc(C(C)C(C)C)n[nH]1. The Bertz CT molecular complexity index is 240. The predicted octanol–water partition coefficient (Wildman–Crippen LogP) is 2.13. The first-order chi connectivity index (χ1) is 5.65. The van der Waals surface area contributed by atoms with Gasteiger partial charge in [0.1, 0.15) is 5.82 Å². The van der Waals surface area contributed by atoms with Crippen molar-refractivity contribution < 1.29 is 0 Å². The Balaban J connectivity index is 2.74. The van der Waals surface area contributed by atoms with Gasteiger partial charge < -0.3 is 0 Å². The quantitative estimate of drug-likeness (QED) is 0.749. The highest BCUT2D eigenvalue weighted by Crippen LogP contribution is 2.19. The zero-order valence-corrected chi connectivity index (χ0v) is 8.26. The summed E-state index contributed by atoms with van der Waals surface area (Å²) in [7, 11) is 0. The van der Waals surface area contributed by atoms with Crippen LogP contribution in [0.25, 0.3) is 0 Å². The molecule has 0 radical (unpaired) electrons. The van der Waals surface area contributed by atoms with Crippen LogP contribution in [0.1, 0.15) is 45.3 Å². The van der Waals surface area contributed by atoms with Crippen LogP contribution in [0, 0.1) is 5.92 Å². The Morgan fingerprint density at radius 2 is 2.00 bits per heavy atom. The van der Waals surface area contributed by atoms with Crippen molar-refractivity contribution in [3.63, 3.8) is 0 Å². The monoisotopic (exact) mass is 167 g/mol. The minimum atomic E-state index is 0.446. The van der Waals surface area contributed by atoms with Crippen molar-refractivity contribution in [2.45, 2.75) is 40.0 Å². The summed E-state index contributed by atoms with van der Waals surface area (Å²) in [5.41, 5.74) is 0. The van der Waals surface area contributed by atoms with Gasteiger partial charge in [-0.1, -0.05) is 27.7 Å². The van der Waals surface area contributed by atoms with E-state index >= 15 is 0 Å². The average molecular weight is 167 g/mol. The van der Waals surface area contributed by atoms with Crippen LogP contribution in [0.3, 0.4) is 0 Å². The van der Waals surface area contributed by atoms with Crippen LogP contribution >= 0.6 is 0 Å². The number of H-pyrrole nitrogens is 1. The van der Waals surface area contributed by atoms with Gasteiger partial charge in [0, 0.05) is 12.3 Å². The molecule has 3 nitrogen and oxygen atoms in total. The topological polar surface area (TPSA) is 41.6 Å². The molecule has 1 atom stereocenters. The molecule has 1 rings (SSSR count). The van der Waals surface area contributed by atoms with E-state index in [1.54, 1.807) is 0 Å². The number of aryl methyl sites for hydroxylation is 1. The van der Waals surface area contributed by atoms with E-state index in [9.17, 15) is 0 Å². The second-order valence-electron chi connectivity index (χ2n) is 3.53. The van der Waals surface area contributed by atoms with Crippen LogP contribution in [0.5, 0.6) is 0 Å². The van der Waals surface area contributed by atoms with Crippen molar-refractivity contribution in [2.24, 2.45) is 5.92 Å². The van der Waals surface area contributed by atoms with E-state index < -0.39 is 0 Å². The lowest BCUT2D eigenvalue weighted by Crippen LogP contribution is -2.04. The number of hydrogen-bond acceptors (Lipinski definition) is 2. The van der Waals surface area contributed by atoms with E-state index in [-0.39, 0.29) is 0 Å². The van der Waals surface area contributed by atoms with Crippen LogP contribution < -0.4 is 0 Å². The summed E-state index contributed by atoms with van der Waals surface area (Å²) in [6, 6.07) is 0. The second-order valence-corrected chi connectivity index (χ2v) is 3.53. The lowest BCUT2D eigenvalue weighted by atomic mass is 9.98. The molecule has 0 fully saturated rings. The molecule has 1 aromatic heterocycles. The van der Waals surface area contributed by atoms with Gasteiger partial charge in [0.2, 0.25) is 0 Å². The molecule has 1 unspecified atom stereocenters. The summed E-state index contributed by atoms with van der Waals surface area (Å²) < 4.78 is 0. The first-order valence-corrected chi connectivity index (χ1v) is 4.56. The summed E-state index contributed by atoms with van der Waals surface area (Å²) in [5, 5.41) is 7.10. The Hall–Kier alpha value is -0.860. The fourth-order valence-corrected chi connectivity index (χ4v) is 0.970. The van der Waals surface area contributed by atoms with Crippen LogP contribution in [0.15, 0.2) is 0 Å². The molecular formula is C9H17N3. The van der Waals surface area contributed by atoms with Crippen molar-refractivity contribution in [1.29, 1.82) is 0 Å². The number of nitrogens with zero attached hydrogens (tertiary/aromatic N) is 2. The van der Waals surface area contributed by atoms with Gasteiger partial charge in [0.05, 0.1) is 0 Å². The van der Waals surface area contributed by atoms with Gasteiger partial charge in [-0.15, -0.1) is 0 Å². The highest BCUT2D eigenvalue weighted by atomic mass is 15.2. The van der Waals surface area contributed by atoms with E-state index in [0.717, 1.165) is 18.1 Å². The van der Waals surface area contributed by atoms with E-state index in [0.29, 0.717) is 11.8 Å². The largest absolute Gasteiger partial charge is 0.263 e. The lowest BCUT2D eigenvalue weighted by molar-refractivity contribution is 0.511. The van der Waals surface area contributed by atoms with E-state index in [2.05, 4.69) is 42.9 Å². The molecule has 0 aliphatic carbocycles. The molecule has 0 aromatic carbocycles. The highest BCUT2D eigenvalue weighted by Gasteiger charge is 2.14. The van der Waals surface area contributed by atoms with Gasteiger partial charge in [-0.2, -0.15) is 5.10 Å². The molecule has 1 aromatic rings. The predicted molar refractivity (Wildman–Crippen MR) is 49.0 cm³/mol. The summed E-state index contributed by atoms with van der Waals surface area (Å²) in [4.78, 5) is 4.38. The molecule has 0 saturated carbocycles. The number of hydrogen-bond donors (Lipinski definition) is 1. The van der Waals surface area contributed by atoms with Crippen molar-refractivity contribution in [1.82, 2.24) is 15.2 Å². The first kappa shape index (κ1) is 9.23. The second kappa shape index (κ2) is 3.70. The Labute approximate surface area is 73.6 Å². The number of nitrogens with one attached hydrogen (secondary N) is 1. The Kier molecular flexibility index (Phi) is 2.84. The molecule has 0 saturated heterocycles. The van der Waals surface area contributed by atoms with Gasteiger partial charge in [-0.3, -0.25) is 5.10 Å². The van der Waals surface area contributed by atoms with Crippen LogP contribution in [0.2, 0.25) is 0 Å². The maximum absolute atomic E-state index is 4.38. The van der Waals surface area contributed by atoms with E-state index in [4.69, 9.17) is 0 Å². The molecule has 1 N–H and O–H groups in total. The molecule has 3 heteroatoms. The zero-order valence-electron chi connectivity index (χ0n) is 8.26. The van der Waals surface area contributed by atoms with E-state index in [1.165, 1.54) is 0 Å². The maximum Gasteiger partial charge on any atom is 0.153 e. The summed E-state index contributed by atoms with van der Waals surface area (Å²) in [6.07, 6.45) is 0.928. The van der Waals surface area contributed by atoms with Crippen molar-refractivity contribution >= 4 is 0 Å². The summed E-state index contributed by atoms with van der Waals surface area (Å²) >= 11 is 0. The number of aromatic nitrogens is 3. The van der Waals surface area contributed by atoms with Crippen molar-refractivity contribution in [2.75, 3.05) is 0 Å². The maximum atomic E-state index is 4.38. The molecule has 0 aliphatic rings. The third-order valence-electron chi connectivity index (χ3n) is 2.29. The smallest absolute Gasteiger partial charge is 0.153 e. The van der Waals surface area contributed by atoms with Gasteiger partial charge in [-0.05, 0) is 5.92 Å². The first-order valence-electron chi connectivity index (χ1n) is 4.56. The minimum absolute atomic E-state index is 0.446. The van der Waals surface area contributed by atoms with Crippen molar-refractivity contribution in [3.05, 3.63) is 11.6 Å². The standard InChI is InChI=1S/C9H17N3/c1-5-8-10-9(12-11-8)7(4)6(2)3/h6-7H,5H2,1-4H3,(H,10,11,12).